The van der Waals surface area contributed by atoms with E-state index in [0.717, 1.165) is 48.1 Å². The fraction of sp³-hybridized carbons (Fsp3) is 0.560. The second-order valence-electron chi connectivity index (χ2n) is 9.75. The molecule has 2 aromatic rings. The van der Waals surface area contributed by atoms with E-state index in [1.165, 1.54) is 11.3 Å². The lowest BCUT2D eigenvalue weighted by atomic mass is 9.83. The number of amides is 2. The van der Waals surface area contributed by atoms with Crippen LogP contribution in [0.2, 0.25) is 0 Å². The topological polar surface area (TPSA) is 101 Å². The molecule has 3 aliphatic rings. The van der Waals surface area contributed by atoms with Crippen molar-refractivity contribution in [1.29, 1.82) is 0 Å². The number of carbonyl (C=O) groups is 3. The summed E-state index contributed by atoms with van der Waals surface area (Å²) in [6.07, 6.45) is 8.20. The molecule has 0 radical (unpaired) electrons. The monoisotopic (exact) mass is 482 g/mol. The molecular weight excluding hydrogens is 452 g/mol. The second-order valence-corrected chi connectivity index (χ2v) is 10.8. The molecule has 4 atom stereocenters. The third kappa shape index (κ3) is 4.27. The molecule has 1 aliphatic carbocycles. The van der Waals surface area contributed by atoms with Gasteiger partial charge in [0.2, 0.25) is 5.91 Å². The molecule has 34 heavy (non-hydrogen) atoms. The SMILES string of the molecule is Cc1cnncc1-c1ccc(C(=O)NC(C(=O)N2CC(C)C3OCC(=O)C32)C2CCCCC2)s1. The summed E-state index contributed by atoms with van der Waals surface area (Å²) in [5, 5.41) is 10.9. The zero-order valence-electron chi connectivity index (χ0n) is 19.5. The minimum absolute atomic E-state index is 0.0411. The van der Waals surface area contributed by atoms with Crippen LogP contribution in [-0.2, 0) is 14.3 Å². The maximum absolute atomic E-state index is 13.8. The zero-order valence-corrected chi connectivity index (χ0v) is 20.3. The molecular formula is C25H30N4O4S. The average Bonchev–Trinajstić information content (AvgIpc) is 3.56. The lowest BCUT2D eigenvalue weighted by molar-refractivity contribution is -0.139. The lowest BCUT2D eigenvalue weighted by Gasteiger charge is -2.34. The molecule has 2 aromatic heterocycles. The highest BCUT2D eigenvalue weighted by atomic mass is 32.1. The summed E-state index contributed by atoms with van der Waals surface area (Å²) in [4.78, 5) is 42.8. The van der Waals surface area contributed by atoms with Gasteiger partial charge >= 0.3 is 0 Å². The van der Waals surface area contributed by atoms with Crippen molar-refractivity contribution in [3.8, 4) is 10.4 Å². The van der Waals surface area contributed by atoms with Crippen molar-refractivity contribution in [2.24, 2.45) is 11.8 Å². The van der Waals surface area contributed by atoms with E-state index in [-0.39, 0.29) is 42.1 Å². The van der Waals surface area contributed by atoms with E-state index in [0.29, 0.717) is 11.4 Å². The van der Waals surface area contributed by atoms with E-state index >= 15 is 0 Å². The van der Waals surface area contributed by atoms with Crippen molar-refractivity contribution in [3.05, 3.63) is 35.0 Å². The van der Waals surface area contributed by atoms with Crippen LogP contribution in [0.5, 0.6) is 0 Å². The Morgan fingerprint density at radius 3 is 2.71 bits per heavy atom. The van der Waals surface area contributed by atoms with Crippen LogP contribution in [0.3, 0.4) is 0 Å². The van der Waals surface area contributed by atoms with Crippen LogP contribution in [-0.4, -0.2) is 64.0 Å². The fourth-order valence-corrected chi connectivity index (χ4v) is 6.59. The van der Waals surface area contributed by atoms with Gasteiger partial charge in [-0.05, 0) is 43.4 Å². The molecule has 3 fully saturated rings. The Labute approximate surface area is 203 Å². The number of nitrogens with one attached hydrogen (secondary N) is 1. The van der Waals surface area contributed by atoms with E-state index in [1.807, 2.05) is 19.9 Å². The van der Waals surface area contributed by atoms with Gasteiger partial charge in [0.15, 0.2) is 5.78 Å². The highest BCUT2D eigenvalue weighted by molar-refractivity contribution is 7.17. The van der Waals surface area contributed by atoms with Gasteiger partial charge in [-0.15, -0.1) is 11.3 Å². The van der Waals surface area contributed by atoms with Gasteiger partial charge in [0.25, 0.3) is 5.91 Å². The second kappa shape index (κ2) is 9.54. The first-order valence-electron chi connectivity index (χ1n) is 12.1. The number of hydrogen-bond donors (Lipinski definition) is 1. The van der Waals surface area contributed by atoms with Crippen molar-refractivity contribution >= 4 is 28.9 Å². The van der Waals surface area contributed by atoms with E-state index in [2.05, 4.69) is 15.5 Å². The molecule has 1 N–H and O–H groups in total. The number of likely N-dealkylation sites (tertiary alicyclic amines) is 1. The molecule has 4 unspecified atom stereocenters. The summed E-state index contributed by atoms with van der Waals surface area (Å²) in [6.45, 7) is 4.52. The van der Waals surface area contributed by atoms with Crippen LogP contribution in [0.25, 0.3) is 10.4 Å². The van der Waals surface area contributed by atoms with Crippen molar-refractivity contribution in [1.82, 2.24) is 20.4 Å². The first kappa shape index (κ1) is 23.1. The minimum atomic E-state index is -0.637. The largest absolute Gasteiger partial charge is 0.367 e. The van der Waals surface area contributed by atoms with Gasteiger partial charge in [0.05, 0.1) is 23.4 Å². The summed E-state index contributed by atoms with van der Waals surface area (Å²) in [5.74, 6) is -0.272. The van der Waals surface area contributed by atoms with Crippen LogP contribution in [0, 0.1) is 18.8 Å². The highest BCUT2D eigenvalue weighted by Gasteiger charge is 2.52. The highest BCUT2D eigenvalue weighted by Crippen LogP contribution is 2.35. The van der Waals surface area contributed by atoms with Gasteiger partial charge < -0.3 is 15.0 Å². The van der Waals surface area contributed by atoms with E-state index in [9.17, 15) is 14.4 Å². The Balaban J connectivity index is 1.38. The van der Waals surface area contributed by atoms with Crippen LogP contribution in [0.15, 0.2) is 24.5 Å². The number of rotatable bonds is 5. The van der Waals surface area contributed by atoms with Crippen LogP contribution >= 0.6 is 11.3 Å². The Bertz CT molecular complexity index is 1100. The quantitative estimate of drug-likeness (QED) is 0.703. The van der Waals surface area contributed by atoms with Gasteiger partial charge in [-0.25, -0.2) is 0 Å². The average molecular weight is 483 g/mol. The molecule has 4 heterocycles. The molecule has 2 saturated heterocycles. The maximum atomic E-state index is 13.8. The zero-order chi connectivity index (χ0) is 23.8. The van der Waals surface area contributed by atoms with Gasteiger partial charge in [0.1, 0.15) is 18.7 Å². The number of thiophene rings is 1. The summed E-state index contributed by atoms with van der Waals surface area (Å²) < 4.78 is 5.67. The molecule has 9 heteroatoms. The molecule has 2 aliphatic heterocycles. The molecule has 0 bridgehead atoms. The molecule has 5 rings (SSSR count). The predicted octanol–water partition coefficient (Wildman–Crippen LogP) is 3.01. The number of carbonyl (C=O) groups excluding carboxylic acids is 3. The number of hydrogen-bond acceptors (Lipinski definition) is 7. The number of ether oxygens (including phenoxy) is 1. The molecule has 180 valence electrons. The molecule has 2 amide bonds. The number of aromatic nitrogens is 2. The van der Waals surface area contributed by atoms with Crippen molar-refractivity contribution in [2.75, 3.05) is 13.2 Å². The summed E-state index contributed by atoms with van der Waals surface area (Å²) in [5.41, 5.74) is 1.93. The minimum Gasteiger partial charge on any atom is -0.367 e. The predicted molar refractivity (Wildman–Crippen MR) is 127 cm³/mol. The van der Waals surface area contributed by atoms with Crippen molar-refractivity contribution in [2.45, 2.75) is 64.1 Å². The molecule has 0 spiro atoms. The fourth-order valence-electron chi connectivity index (χ4n) is 5.60. The van der Waals surface area contributed by atoms with E-state index in [1.54, 1.807) is 23.4 Å². The Morgan fingerprint density at radius 2 is 1.94 bits per heavy atom. The van der Waals surface area contributed by atoms with Gasteiger partial charge in [-0.3, -0.25) is 14.4 Å². The smallest absolute Gasteiger partial charge is 0.262 e. The van der Waals surface area contributed by atoms with Crippen LogP contribution in [0.1, 0.15) is 54.3 Å². The standard InChI is InChI=1S/C25H30N4O4S/c1-14-10-26-27-11-17(14)19-8-9-20(34-19)24(31)28-21(16-6-4-3-5-7-16)25(32)29-12-15(2)23-22(29)18(30)13-33-23/h8-11,15-16,21-23H,3-7,12-13H2,1-2H3,(H,28,31). The number of nitrogens with zero attached hydrogens (tertiary/aromatic N) is 3. The number of Topliss-reactive ketones (excluding diaryl/α,β-unsaturated/α-hetero) is 1. The van der Waals surface area contributed by atoms with Crippen molar-refractivity contribution < 1.29 is 19.1 Å². The van der Waals surface area contributed by atoms with Gasteiger partial charge in [-0.2, -0.15) is 10.2 Å². The summed E-state index contributed by atoms with van der Waals surface area (Å²) in [6, 6.07) is 2.53. The Morgan fingerprint density at radius 1 is 1.18 bits per heavy atom. The van der Waals surface area contributed by atoms with Crippen LogP contribution in [0.4, 0.5) is 0 Å². The molecule has 8 nitrogen and oxygen atoms in total. The number of fused-ring (bicyclic) bond motifs is 1. The first-order chi connectivity index (χ1) is 16.4. The van der Waals surface area contributed by atoms with E-state index < -0.39 is 12.1 Å². The van der Waals surface area contributed by atoms with Crippen molar-refractivity contribution in [3.63, 3.8) is 0 Å². The summed E-state index contributed by atoms with van der Waals surface area (Å²) in [7, 11) is 0. The van der Waals surface area contributed by atoms with Crippen LogP contribution < -0.4 is 5.32 Å². The lowest BCUT2D eigenvalue weighted by Crippen LogP contribution is -2.55. The summed E-state index contributed by atoms with van der Waals surface area (Å²) >= 11 is 1.38. The first-order valence-corrected chi connectivity index (χ1v) is 12.9. The molecule has 0 aromatic carbocycles. The number of ketones is 1. The maximum Gasteiger partial charge on any atom is 0.262 e. The third-order valence-electron chi connectivity index (χ3n) is 7.42. The third-order valence-corrected chi connectivity index (χ3v) is 8.54. The van der Waals surface area contributed by atoms with Gasteiger partial charge in [0, 0.05) is 22.9 Å². The van der Waals surface area contributed by atoms with Gasteiger partial charge in [-0.1, -0.05) is 26.2 Å². The Hall–Kier alpha value is -2.65. The molecule has 1 saturated carbocycles. The van der Waals surface area contributed by atoms with E-state index in [4.69, 9.17) is 4.74 Å². The Kier molecular flexibility index (Phi) is 6.48. The normalized spacial score (nSPS) is 25.9. The number of aryl methyl sites for hydroxylation is 1.